The van der Waals surface area contributed by atoms with E-state index < -0.39 is 10.0 Å². The standard InChI is InChI=1S/C17H21N3O3S/c1-12-7-4-5-10-16(12)19-17(21)18-13(2)14-8-6-9-15(11-14)20-24(3,22)23/h4-11,13,20H,1-3H3,(H2,18,19,21)/t13-/m0/s1. The summed E-state index contributed by atoms with van der Waals surface area (Å²) in [6.45, 7) is 3.75. The highest BCUT2D eigenvalue weighted by molar-refractivity contribution is 7.92. The van der Waals surface area contributed by atoms with Crippen LogP contribution in [0.25, 0.3) is 0 Å². The van der Waals surface area contributed by atoms with Crippen LogP contribution < -0.4 is 15.4 Å². The van der Waals surface area contributed by atoms with Crippen molar-refractivity contribution >= 4 is 27.4 Å². The number of aryl methyl sites for hydroxylation is 1. The Morgan fingerprint density at radius 3 is 2.46 bits per heavy atom. The second-order valence-electron chi connectivity index (χ2n) is 5.63. The molecule has 0 aliphatic carbocycles. The van der Waals surface area contributed by atoms with E-state index in [2.05, 4.69) is 15.4 Å². The first-order valence-electron chi connectivity index (χ1n) is 7.45. The predicted octanol–water partition coefficient (Wildman–Crippen LogP) is 3.25. The molecule has 7 heteroatoms. The van der Waals surface area contributed by atoms with Gasteiger partial charge in [0.2, 0.25) is 10.0 Å². The molecular formula is C17H21N3O3S. The number of anilines is 2. The van der Waals surface area contributed by atoms with Crippen molar-refractivity contribution in [2.24, 2.45) is 0 Å². The molecule has 24 heavy (non-hydrogen) atoms. The molecule has 3 N–H and O–H groups in total. The molecule has 0 aliphatic rings. The Balaban J connectivity index is 2.04. The van der Waals surface area contributed by atoms with Gasteiger partial charge in [-0.1, -0.05) is 30.3 Å². The fraction of sp³-hybridized carbons (Fsp3) is 0.235. The van der Waals surface area contributed by atoms with Gasteiger partial charge in [0.05, 0.1) is 12.3 Å². The first-order valence-corrected chi connectivity index (χ1v) is 9.34. The van der Waals surface area contributed by atoms with Crippen molar-refractivity contribution in [3.63, 3.8) is 0 Å². The highest BCUT2D eigenvalue weighted by Crippen LogP contribution is 2.19. The summed E-state index contributed by atoms with van der Waals surface area (Å²) in [5.74, 6) is 0. The Hall–Kier alpha value is -2.54. The largest absolute Gasteiger partial charge is 0.331 e. The number of rotatable bonds is 5. The van der Waals surface area contributed by atoms with Crippen LogP contribution in [-0.2, 0) is 10.0 Å². The molecule has 0 bridgehead atoms. The first kappa shape index (κ1) is 17.8. The minimum Gasteiger partial charge on any atom is -0.331 e. The van der Waals surface area contributed by atoms with Gasteiger partial charge in [-0.15, -0.1) is 0 Å². The van der Waals surface area contributed by atoms with Gasteiger partial charge in [-0.2, -0.15) is 0 Å². The second kappa shape index (κ2) is 7.35. The molecule has 2 aromatic carbocycles. The third kappa shape index (κ3) is 5.27. The molecule has 6 nitrogen and oxygen atoms in total. The molecule has 1 atom stereocenters. The smallest absolute Gasteiger partial charge is 0.319 e. The van der Waals surface area contributed by atoms with E-state index >= 15 is 0 Å². The quantitative estimate of drug-likeness (QED) is 0.776. The van der Waals surface area contributed by atoms with E-state index in [0.29, 0.717) is 5.69 Å². The number of hydrogen-bond donors (Lipinski definition) is 3. The number of sulfonamides is 1. The minimum absolute atomic E-state index is 0.282. The number of benzene rings is 2. The zero-order valence-electron chi connectivity index (χ0n) is 13.8. The summed E-state index contributed by atoms with van der Waals surface area (Å²) in [6.07, 6.45) is 1.09. The fourth-order valence-electron chi connectivity index (χ4n) is 2.24. The van der Waals surface area contributed by atoms with Gasteiger partial charge in [0.15, 0.2) is 0 Å². The zero-order valence-corrected chi connectivity index (χ0v) is 14.6. The molecule has 0 fully saturated rings. The number of carbonyl (C=O) groups excluding carboxylic acids is 1. The Bertz CT molecular complexity index is 834. The number of nitrogens with one attached hydrogen (secondary N) is 3. The van der Waals surface area contributed by atoms with Gasteiger partial charge < -0.3 is 10.6 Å². The van der Waals surface area contributed by atoms with Crippen LogP contribution in [0, 0.1) is 6.92 Å². The monoisotopic (exact) mass is 347 g/mol. The van der Waals surface area contributed by atoms with Crippen LogP contribution in [0.4, 0.5) is 16.2 Å². The molecule has 0 saturated heterocycles. The molecule has 0 heterocycles. The lowest BCUT2D eigenvalue weighted by atomic mass is 10.1. The maximum atomic E-state index is 12.1. The summed E-state index contributed by atoms with van der Waals surface area (Å²) < 4.78 is 25.0. The van der Waals surface area contributed by atoms with E-state index in [1.807, 2.05) is 44.2 Å². The molecule has 0 radical (unpaired) electrons. The Kier molecular flexibility index (Phi) is 5.46. The number of para-hydroxylation sites is 1. The van der Waals surface area contributed by atoms with Gasteiger partial charge in [-0.05, 0) is 43.2 Å². The van der Waals surface area contributed by atoms with Crippen LogP contribution in [0.1, 0.15) is 24.1 Å². The Morgan fingerprint density at radius 1 is 1.08 bits per heavy atom. The first-order chi connectivity index (χ1) is 11.2. The van der Waals surface area contributed by atoms with Crippen LogP contribution in [0.15, 0.2) is 48.5 Å². The summed E-state index contributed by atoms with van der Waals surface area (Å²) in [6, 6.07) is 13.8. The summed E-state index contributed by atoms with van der Waals surface area (Å²) in [5.41, 5.74) is 2.97. The maximum absolute atomic E-state index is 12.1. The lowest BCUT2D eigenvalue weighted by Gasteiger charge is -2.17. The number of hydrogen-bond acceptors (Lipinski definition) is 3. The molecule has 0 saturated carbocycles. The SMILES string of the molecule is Cc1ccccc1NC(=O)N[C@@H](C)c1cccc(NS(C)(=O)=O)c1. The van der Waals surface area contributed by atoms with E-state index in [9.17, 15) is 13.2 Å². The Morgan fingerprint density at radius 2 is 1.79 bits per heavy atom. The maximum Gasteiger partial charge on any atom is 0.319 e. The zero-order chi connectivity index (χ0) is 17.7. The highest BCUT2D eigenvalue weighted by atomic mass is 32.2. The van der Waals surface area contributed by atoms with E-state index in [-0.39, 0.29) is 12.1 Å². The van der Waals surface area contributed by atoms with E-state index in [1.54, 1.807) is 18.2 Å². The minimum atomic E-state index is -3.34. The van der Waals surface area contributed by atoms with E-state index in [1.165, 1.54) is 0 Å². The molecule has 2 amide bonds. The summed E-state index contributed by atoms with van der Waals surface area (Å²) >= 11 is 0. The predicted molar refractivity (Wildman–Crippen MR) is 96.7 cm³/mol. The van der Waals surface area contributed by atoms with Crippen molar-refractivity contribution < 1.29 is 13.2 Å². The van der Waals surface area contributed by atoms with Crippen molar-refractivity contribution in [2.45, 2.75) is 19.9 Å². The molecule has 0 spiro atoms. The third-order valence-corrected chi connectivity index (χ3v) is 4.04. The van der Waals surface area contributed by atoms with Crippen molar-refractivity contribution in [3.05, 3.63) is 59.7 Å². The molecular weight excluding hydrogens is 326 g/mol. The van der Waals surface area contributed by atoms with Crippen molar-refractivity contribution in [1.29, 1.82) is 0 Å². The average molecular weight is 347 g/mol. The van der Waals surface area contributed by atoms with Crippen LogP contribution in [0.3, 0.4) is 0 Å². The van der Waals surface area contributed by atoms with Gasteiger partial charge in [-0.3, -0.25) is 4.72 Å². The third-order valence-electron chi connectivity index (χ3n) is 3.43. The average Bonchev–Trinajstić information content (AvgIpc) is 2.48. The Labute approximate surface area is 142 Å². The lowest BCUT2D eigenvalue weighted by molar-refractivity contribution is 0.249. The number of carbonyl (C=O) groups is 1. The van der Waals surface area contributed by atoms with Crippen LogP contribution in [0.2, 0.25) is 0 Å². The van der Waals surface area contributed by atoms with Crippen molar-refractivity contribution in [1.82, 2.24) is 5.32 Å². The molecule has 128 valence electrons. The molecule has 0 aromatic heterocycles. The van der Waals surface area contributed by atoms with Gasteiger partial charge in [0.1, 0.15) is 0 Å². The molecule has 2 aromatic rings. The summed E-state index contributed by atoms with van der Waals surface area (Å²) in [5, 5.41) is 5.64. The van der Waals surface area contributed by atoms with Crippen LogP contribution in [-0.4, -0.2) is 20.7 Å². The molecule has 2 rings (SSSR count). The number of urea groups is 1. The fourth-order valence-corrected chi connectivity index (χ4v) is 2.79. The van der Waals surface area contributed by atoms with Gasteiger partial charge >= 0.3 is 6.03 Å². The van der Waals surface area contributed by atoms with Crippen LogP contribution in [0.5, 0.6) is 0 Å². The van der Waals surface area contributed by atoms with Gasteiger partial charge in [-0.25, -0.2) is 13.2 Å². The van der Waals surface area contributed by atoms with Gasteiger partial charge in [0, 0.05) is 11.4 Å². The van der Waals surface area contributed by atoms with Crippen molar-refractivity contribution in [2.75, 3.05) is 16.3 Å². The molecule has 0 aliphatic heterocycles. The van der Waals surface area contributed by atoms with E-state index in [4.69, 9.17) is 0 Å². The topological polar surface area (TPSA) is 87.3 Å². The molecule has 0 unspecified atom stereocenters. The van der Waals surface area contributed by atoms with Gasteiger partial charge in [0.25, 0.3) is 0 Å². The number of amides is 2. The van der Waals surface area contributed by atoms with Crippen LogP contribution >= 0.6 is 0 Å². The highest BCUT2D eigenvalue weighted by Gasteiger charge is 2.11. The summed E-state index contributed by atoms with van der Waals surface area (Å²) in [7, 11) is -3.34. The normalized spacial score (nSPS) is 12.3. The summed E-state index contributed by atoms with van der Waals surface area (Å²) in [4.78, 5) is 12.1. The second-order valence-corrected chi connectivity index (χ2v) is 7.38. The van der Waals surface area contributed by atoms with Crippen molar-refractivity contribution in [3.8, 4) is 0 Å². The van der Waals surface area contributed by atoms with E-state index in [0.717, 1.165) is 23.1 Å². The lowest BCUT2D eigenvalue weighted by Crippen LogP contribution is -2.31.